The van der Waals surface area contributed by atoms with Crippen molar-refractivity contribution < 1.29 is 29.2 Å². The maximum atomic E-state index is 8.26. The van der Waals surface area contributed by atoms with Crippen molar-refractivity contribution >= 4 is 0 Å². The van der Waals surface area contributed by atoms with Crippen LogP contribution in [0, 0.1) is 0 Å². The summed E-state index contributed by atoms with van der Waals surface area (Å²) in [4.78, 5) is 0. The molecule has 18 heavy (non-hydrogen) atoms. The Labute approximate surface area is 108 Å². The fourth-order valence-electron chi connectivity index (χ4n) is 0.714. The molecule has 0 aromatic carbocycles. The lowest BCUT2D eigenvalue weighted by Crippen LogP contribution is -2.09. The molecule has 0 aromatic rings. The van der Waals surface area contributed by atoms with E-state index < -0.39 is 0 Å². The van der Waals surface area contributed by atoms with Gasteiger partial charge in [-0.15, -0.1) is 0 Å². The van der Waals surface area contributed by atoms with Crippen LogP contribution < -0.4 is 0 Å². The second-order valence-electron chi connectivity index (χ2n) is 2.75. The monoisotopic (exact) mass is 264 g/mol. The fourth-order valence-corrected chi connectivity index (χ4v) is 0.714. The lowest BCUT2D eigenvalue weighted by molar-refractivity contribution is 0.0222. The molecule has 0 fully saturated rings. The van der Waals surface area contributed by atoms with Gasteiger partial charge >= 0.3 is 0 Å². The van der Waals surface area contributed by atoms with Crippen LogP contribution in [0.3, 0.4) is 0 Å². The highest BCUT2D eigenvalue weighted by Crippen LogP contribution is 1.77. The van der Waals surface area contributed by atoms with Gasteiger partial charge in [0.1, 0.15) is 13.2 Å². The Morgan fingerprint density at radius 3 is 1.33 bits per heavy atom. The molecule has 108 valence electrons. The first kappa shape index (κ1) is 19.3. The van der Waals surface area contributed by atoms with Crippen LogP contribution in [0.4, 0.5) is 0 Å². The zero-order valence-electron chi connectivity index (χ0n) is 10.8. The Balaban J connectivity index is 0. The van der Waals surface area contributed by atoms with Gasteiger partial charge in [0.25, 0.3) is 0 Å². The molecule has 2 N–H and O–H groups in total. The molecule has 0 heterocycles. The van der Waals surface area contributed by atoms with E-state index in [9.17, 15) is 0 Å². The minimum atomic E-state index is 0.0417. The SMILES string of the molecule is C=COCCOC=C.OCCOCCOCCO. The molecule has 0 aliphatic heterocycles. The van der Waals surface area contributed by atoms with Crippen molar-refractivity contribution in [2.24, 2.45) is 0 Å². The van der Waals surface area contributed by atoms with E-state index in [1.807, 2.05) is 0 Å². The Hall–Kier alpha value is -1.08. The van der Waals surface area contributed by atoms with Crippen LogP contribution in [0.1, 0.15) is 0 Å². The van der Waals surface area contributed by atoms with E-state index in [1.54, 1.807) is 0 Å². The van der Waals surface area contributed by atoms with E-state index in [0.29, 0.717) is 39.6 Å². The standard InChI is InChI=1S/C6H14O4.C6H10O2/c7-1-3-9-5-6-10-4-2-8;1-3-7-5-6-8-4-2/h7-8H,1-6H2;3-4H,1-2,5-6H2. The van der Waals surface area contributed by atoms with E-state index in [1.165, 1.54) is 12.5 Å². The third kappa shape index (κ3) is 24.2. The molecular formula is C12H24O6. The van der Waals surface area contributed by atoms with Crippen molar-refractivity contribution in [3.05, 3.63) is 25.7 Å². The second-order valence-corrected chi connectivity index (χ2v) is 2.75. The molecule has 0 amide bonds. The predicted octanol–water partition coefficient (Wildman–Crippen LogP) is 0.311. The predicted molar refractivity (Wildman–Crippen MR) is 68.1 cm³/mol. The topological polar surface area (TPSA) is 77.4 Å². The summed E-state index contributed by atoms with van der Waals surface area (Å²) >= 11 is 0. The van der Waals surface area contributed by atoms with Crippen LogP contribution >= 0.6 is 0 Å². The quantitative estimate of drug-likeness (QED) is 0.390. The van der Waals surface area contributed by atoms with Gasteiger partial charge in [-0.2, -0.15) is 0 Å². The maximum Gasteiger partial charge on any atom is 0.121 e. The number of ether oxygens (including phenoxy) is 4. The molecule has 0 bridgehead atoms. The average molecular weight is 264 g/mol. The zero-order chi connectivity index (χ0) is 13.9. The van der Waals surface area contributed by atoms with Crippen LogP contribution in [-0.2, 0) is 18.9 Å². The summed E-state index contributed by atoms with van der Waals surface area (Å²) in [7, 11) is 0. The summed E-state index contributed by atoms with van der Waals surface area (Å²) in [6, 6.07) is 0. The molecule has 0 aromatic heterocycles. The van der Waals surface area contributed by atoms with E-state index in [2.05, 4.69) is 13.2 Å². The van der Waals surface area contributed by atoms with E-state index in [-0.39, 0.29) is 13.2 Å². The van der Waals surface area contributed by atoms with Gasteiger partial charge in [-0.1, -0.05) is 13.2 Å². The molecule has 0 atom stereocenters. The molecular weight excluding hydrogens is 240 g/mol. The van der Waals surface area contributed by atoms with Crippen molar-refractivity contribution in [2.45, 2.75) is 0 Å². The minimum Gasteiger partial charge on any atom is -0.498 e. The first-order valence-electron chi connectivity index (χ1n) is 5.65. The molecule has 0 radical (unpaired) electrons. The first-order chi connectivity index (χ1) is 8.83. The van der Waals surface area contributed by atoms with E-state index in [4.69, 9.17) is 29.2 Å². The van der Waals surface area contributed by atoms with Gasteiger partial charge in [-0.05, 0) is 0 Å². The Bertz CT molecular complexity index is 145. The smallest absolute Gasteiger partial charge is 0.121 e. The molecule has 0 aliphatic carbocycles. The number of rotatable bonds is 12. The fraction of sp³-hybridized carbons (Fsp3) is 0.667. The molecule has 0 aliphatic rings. The molecule has 0 unspecified atom stereocenters. The highest BCUT2D eigenvalue weighted by molar-refractivity contribution is 4.51. The normalized spacial score (nSPS) is 9.00. The molecule has 0 saturated heterocycles. The van der Waals surface area contributed by atoms with Crippen molar-refractivity contribution in [1.29, 1.82) is 0 Å². The Morgan fingerprint density at radius 2 is 1.06 bits per heavy atom. The third-order valence-electron chi connectivity index (χ3n) is 1.40. The second kappa shape index (κ2) is 21.2. The summed E-state index contributed by atoms with van der Waals surface area (Å²) < 4.78 is 19.2. The van der Waals surface area contributed by atoms with Crippen LogP contribution in [-0.4, -0.2) is 63.1 Å². The van der Waals surface area contributed by atoms with Crippen LogP contribution in [0.2, 0.25) is 0 Å². The van der Waals surface area contributed by atoms with Gasteiger partial charge in [-0.25, -0.2) is 0 Å². The highest BCUT2D eigenvalue weighted by atomic mass is 16.5. The molecule has 0 spiro atoms. The van der Waals surface area contributed by atoms with Crippen molar-refractivity contribution in [1.82, 2.24) is 0 Å². The highest BCUT2D eigenvalue weighted by Gasteiger charge is 1.86. The Kier molecular flexibility index (Phi) is 22.7. The number of hydrogen-bond acceptors (Lipinski definition) is 6. The van der Waals surface area contributed by atoms with Gasteiger partial charge in [0, 0.05) is 0 Å². The van der Waals surface area contributed by atoms with Crippen molar-refractivity contribution in [3.63, 3.8) is 0 Å². The van der Waals surface area contributed by atoms with E-state index in [0.717, 1.165) is 0 Å². The lowest BCUT2D eigenvalue weighted by atomic mass is 10.7. The molecule has 6 heteroatoms. The average Bonchev–Trinajstić information content (AvgIpc) is 2.40. The minimum absolute atomic E-state index is 0.0417. The van der Waals surface area contributed by atoms with Gasteiger partial charge in [0.2, 0.25) is 0 Å². The lowest BCUT2D eigenvalue weighted by Gasteiger charge is -2.01. The van der Waals surface area contributed by atoms with Crippen LogP contribution in [0.15, 0.2) is 25.7 Å². The summed E-state index contributed by atoms with van der Waals surface area (Å²) in [6.07, 6.45) is 2.76. The van der Waals surface area contributed by atoms with Gasteiger partial charge in [-0.3, -0.25) is 0 Å². The van der Waals surface area contributed by atoms with Crippen molar-refractivity contribution in [3.8, 4) is 0 Å². The van der Waals surface area contributed by atoms with Crippen LogP contribution in [0.5, 0.6) is 0 Å². The molecule has 0 rings (SSSR count). The summed E-state index contributed by atoms with van der Waals surface area (Å²) in [6.45, 7) is 9.51. The summed E-state index contributed by atoms with van der Waals surface area (Å²) in [5.41, 5.74) is 0. The van der Waals surface area contributed by atoms with Crippen LogP contribution in [0.25, 0.3) is 0 Å². The molecule has 6 nitrogen and oxygen atoms in total. The largest absolute Gasteiger partial charge is 0.498 e. The third-order valence-corrected chi connectivity index (χ3v) is 1.40. The van der Waals surface area contributed by atoms with Gasteiger partial charge < -0.3 is 29.2 Å². The van der Waals surface area contributed by atoms with Gasteiger partial charge in [0.05, 0.1) is 52.2 Å². The van der Waals surface area contributed by atoms with Crippen molar-refractivity contribution in [2.75, 3.05) is 52.9 Å². The first-order valence-corrected chi connectivity index (χ1v) is 5.65. The summed E-state index contributed by atoms with van der Waals surface area (Å²) in [5.74, 6) is 0. The number of hydrogen-bond donors (Lipinski definition) is 2. The number of aliphatic hydroxyl groups excluding tert-OH is 2. The zero-order valence-corrected chi connectivity index (χ0v) is 10.8. The van der Waals surface area contributed by atoms with E-state index >= 15 is 0 Å². The Morgan fingerprint density at radius 1 is 0.667 bits per heavy atom. The number of aliphatic hydroxyl groups is 2. The maximum absolute atomic E-state index is 8.26. The molecule has 0 saturated carbocycles. The van der Waals surface area contributed by atoms with Gasteiger partial charge in [0.15, 0.2) is 0 Å². The summed E-state index contributed by atoms with van der Waals surface area (Å²) in [5, 5.41) is 16.5.